The molecule has 0 fully saturated rings. The number of benzene rings is 6. The van der Waals surface area contributed by atoms with Crippen LogP contribution >= 0.6 is 24.8 Å². The molecule has 0 aliphatic heterocycles. The molecule has 0 spiro atoms. The smallest absolute Gasteiger partial charge is 0.0442 e. The van der Waals surface area contributed by atoms with E-state index >= 15 is 0 Å². The fraction of sp³-hybridized carbons (Fsp3) is 0.111. The van der Waals surface area contributed by atoms with Gasteiger partial charge < -0.3 is 0 Å². The molecule has 300 valence electrons. The Hall–Kier alpha value is -3.49. The van der Waals surface area contributed by atoms with Gasteiger partial charge in [0.1, 0.15) is 0 Å². The van der Waals surface area contributed by atoms with Crippen LogP contribution in [-0.4, -0.2) is 11.0 Å². The predicted octanol–water partition coefficient (Wildman–Crippen LogP) is 15.8. The Morgan fingerprint density at radius 1 is 0.367 bits per heavy atom. The van der Waals surface area contributed by atoms with Gasteiger partial charge in [-0.25, -0.2) is 0 Å². The largest absolute Gasteiger partial charge is 0.168 e. The van der Waals surface area contributed by atoms with Crippen molar-refractivity contribution in [3.63, 3.8) is 0 Å². The maximum absolute atomic E-state index is 2.33. The summed E-state index contributed by atoms with van der Waals surface area (Å²) in [5, 5.41) is 10.8. The Morgan fingerprint density at radius 2 is 0.667 bits per heavy atom. The molecule has 60 heavy (non-hydrogen) atoms. The van der Waals surface area contributed by atoms with Crippen molar-refractivity contribution in [2.24, 2.45) is 0 Å². The minimum Gasteiger partial charge on any atom is -0.168 e. The second kappa shape index (κ2) is 28.2. The molecule has 0 radical (unpaired) electrons. The van der Waals surface area contributed by atoms with Gasteiger partial charge in [0.15, 0.2) is 0 Å². The summed E-state index contributed by atoms with van der Waals surface area (Å²) in [5.41, 5.74) is 6.10. The zero-order chi connectivity index (χ0) is 41.0. The van der Waals surface area contributed by atoms with Crippen LogP contribution in [0.15, 0.2) is 218 Å². The summed E-state index contributed by atoms with van der Waals surface area (Å²) < 4.78 is 0. The van der Waals surface area contributed by atoms with E-state index in [4.69, 9.17) is 0 Å². The van der Waals surface area contributed by atoms with Crippen LogP contribution in [0.1, 0.15) is 22.3 Å². The molecule has 10 aromatic carbocycles. The van der Waals surface area contributed by atoms with Gasteiger partial charge in [0.05, 0.1) is 0 Å². The second-order valence-electron chi connectivity index (χ2n) is 14.5. The van der Waals surface area contributed by atoms with Gasteiger partial charge in [-0.15, -0.1) is 177 Å². The summed E-state index contributed by atoms with van der Waals surface area (Å²) in [7, 11) is 0. The Kier molecular flexibility index (Phi) is 23.9. The molecule has 0 saturated heterocycles. The van der Waals surface area contributed by atoms with Crippen LogP contribution in [0.3, 0.4) is 0 Å². The predicted molar refractivity (Wildman–Crippen MR) is 266 cm³/mol. The number of halogens is 2. The van der Waals surface area contributed by atoms with E-state index in [1.165, 1.54) is 111 Å². The summed E-state index contributed by atoms with van der Waals surface area (Å²) in [6.45, 7) is 9.32. The summed E-state index contributed by atoms with van der Waals surface area (Å²) in [5.74, 6) is 0. The van der Waals surface area contributed by atoms with Crippen molar-refractivity contribution < 1.29 is 46.0 Å². The molecule has 0 amide bonds. The SMILES string of the molecule is C[Si](C)=[Hf+2].C[Si](C)=[Hf+2].Cl.Cl.c1ccc(Cc2c[cH-]c3ccccc23)cc1.c1ccc(Cc2c[cH-]c3ccccc23)cc1.c1ccc2[cH-]ccc2c1.c1ccc2[cH-]ccc2c1. The van der Waals surface area contributed by atoms with Gasteiger partial charge in [0.2, 0.25) is 0 Å². The molecule has 0 aliphatic rings. The van der Waals surface area contributed by atoms with E-state index in [1.54, 1.807) is 0 Å². The van der Waals surface area contributed by atoms with Crippen LogP contribution in [0.25, 0.3) is 43.1 Å². The molecule has 6 heteroatoms. The Balaban J connectivity index is 0.000000204. The van der Waals surface area contributed by atoms with E-state index in [9.17, 15) is 0 Å². The van der Waals surface area contributed by atoms with Crippen molar-refractivity contribution in [1.82, 2.24) is 0 Å². The second-order valence-corrected chi connectivity index (χ2v) is 40.1. The first-order valence-corrected chi connectivity index (χ1v) is 35.6. The Labute approximate surface area is 400 Å². The Morgan fingerprint density at radius 3 is 1.02 bits per heavy atom. The van der Waals surface area contributed by atoms with E-state index < -0.39 is 0 Å². The summed E-state index contributed by atoms with van der Waals surface area (Å²) in [4.78, 5) is 0. The molecule has 0 unspecified atom stereocenters. The molecule has 0 heterocycles. The maximum Gasteiger partial charge on any atom is -0.0442 e. The van der Waals surface area contributed by atoms with Gasteiger partial charge in [0.25, 0.3) is 0 Å². The van der Waals surface area contributed by atoms with Gasteiger partial charge in [0, 0.05) is 0 Å². The molecule has 10 rings (SSSR count). The zero-order valence-electron chi connectivity index (χ0n) is 35.0. The molecular formula is C54H54Cl2Hf2Si2. The summed E-state index contributed by atoms with van der Waals surface area (Å²) in [6, 6.07) is 76.6. The molecule has 0 aromatic heterocycles. The van der Waals surface area contributed by atoms with Crippen molar-refractivity contribution in [1.29, 1.82) is 0 Å². The minimum absolute atomic E-state index is 0. The molecule has 0 saturated carbocycles. The first kappa shape index (κ1) is 50.9. The van der Waals surface area contributed by atoms with Crippen LogP contribution in [0.2, 0.25) is 26.2 Å². The first-order valence-electron chi connectivity index (χ1n) is 19.9. The van der Waals surface area contributed by atoms with Crippen molar-refractivity contribution >= 4 is 78.9 Å². The molecule has 0 N–H and O–H groups in total. The van der Waals surface area contributed by atoms with E-state index in [2.05, 4.69) is 245 Å². The monoisotopic (exact) mass is 1190 g/mol. The van der Waals surface area contributed by atoms with Crippen molar-refractivity contribution in [3.05, 3.63) is 241 Å². The van der Waals surface area contributed by atoms with E-state index in [0.29, 0.717) is 0 Å². The quantitative estimate of drug-likeness (QED) is 0.122. The number of hydrogen-bond acceptors (Lipinski definition) is 0. The third-order valence-corrected chi connectivity index (χ3v) is 9.11. The van der Waals surface area contributed by atoms with Crippen LogP contribution in [0.4, 0.5) is 0 Å². The van der Waals surface area contributed by atoms with Crippen molar-refractivity contribution in [3.8, 4) is 0 Å². The van der Waals surface area contributed by atoms with Crippen LogP contribution < -0.4 is 0 Å². The van der Waals surface area contributed by atoms with Gasteiger partial charge in [-0.3, -0.25) is 0 Å². The number of fused-ring (bicyclic) bond motifs is 4. The number of rotatable bonds is 4. The van der Waals surface area contributed by atoms with Gasteiger partial charge in [-0.05, 0) is 12.8 Å². The van der Waals surface area contributed by atoms with E-state index in [0.717, 1.165) is 12.8 Å². The van der Waals surface area contributed by atoms with Crippen LogP contribution in [-0.2, 0) is 58.8 Å². The fourth-order valence-corrected chi connectivity index (χ4v) is 6.51. The third-order valence-electron chi connectivity index (χ3n) is 9.11. The van der Waals surface area contributed by atoms with Gasteiger partial charge in [-0.2, -0.15) is 35.0 Å². The number of hydrogen-bond donors (Lipinski definition) is 0. The van der Waals surface area contributed by atoms with Crippen LogP contribution in [0.5, 0.6) is 0 Å². The van der Waals surface area contributed by atoms with E-state index in [1.807, 2.05) is 0 Å². The third kappa shape index (κ3) is 17.5. The minimum atomic E-state index is 0. The summed E-state index contributed by atoms with van der Waals surface area (Å²) in [6.07, 6.45) is 2.04. The normalized spacial score (nSPS) is 9.73. The van der Waals surface area contributed by atoms with Gasteiger partial charge in [-0.1, -0.05) is 96.1 Å². The summed E-state index contributed by atoms with van der Waals surface area (Å²) >= 11 is 2.90. The Bertz CT molecular complexity index is 2460. The topological polar surface area (TPSA) is 0 Å². The van der Waals surface area contributed by atoms with E-state index in [-0.39, 0.29) is 35.8 Å². The molecule has 0 aliphatic carbocycles. The van der Waals surface area contributed by atoms with Crippen molar-refractivity contribution in [2.45, 2.75) is 39.0 Å². The maximum atomic E-state index is 2.33. The average molecular weight is 1190 g/mol. The van der Waals surface area contributed by atoms with Crippen molar-refractivity contribution in [2.75, 3.05) is 0 Å². The zero-order valence-corrected chi connectivity index (χ0v) is 45.8. The molecule has 0 bridgehead atoms. The molecule has 0 nitrogen and oxygen atoms in total. The van der Waals surface area contributed by atoms with Gasteiger partial charge >= 0.3 is 83.2 Å². The standard InChI is InChI=1S/2C16H13.2C9H7.2C2H6Si.2ClH.2Hf/c2*1-2-6-13(7-3-1)12-15-11-10-14-8-4-5-9-16(14)15;2*1-2-5-9-7-3-6-8(9)4-1;2*1-3-2;;;;/h2*1-11H,12H2;2*1-7H;2*1-2H3;2*1H;;/q4*-1;;;;;2*+2. The molecule has 10 aromatic rings. The molecular weight excluding hydrogens is 1130 g/mol. The first-order chi connectivity index (χ1) is 28.3. The van der Waals surface area contributed by atoms with Crippen LogP contribution in [0, 0.1) is 0 Å². The fourth-order valence-electron chi connectivity index (χ4n) is 6.51. The average Bonchev–Trinajstić information content (AvgIpc) is 4.07. The molecule has 0 atom stereocenters.